The number of carbonyl (C=O) groups is 2. The van der Waals surface area contributed by atoms with Gasteiger partial charge in [0.05, 0.1) is 0 Å². The molecule has 0 aliphatic carbocycles. The highest BCUT2D eigenvalue weighted by Gasteiger charge is 2.20. The maximum absolute atomic E-state index is 12.5. The van der Waals surface area contributed by atoms with Crippen LogP contribution in [-0.4, -0.2) is 17.8 Å². The molecule has 4 heteroatoms. The van der Waals surface area contributed by atoms with Gasteiger partial charge < -0.3 is 10.1 Å². The molecule has 126 valence electrons. The Morgan fingerprint density at radius 1 is 1.12 bits per heavy atom. The first-order valence-electron chi connectivity index (χ1n) is 8.07. The SMILES string of the molecule is CC[C@@H](Oc1cccc(C)c1C)C(=O)Nc1cccc(C(C)=O)c1. The van der Waals surface area contributed by atoms with Crippen LogP contribution in [0, 0.1) is 13.8 Å². The largest absolute Gasteiger partial charge is 0.480 e. The second-order valence-electron chi connectivity index (χ2n) is 5.84. The molecule has 0 saturated heterocycles. The number of aryl methyl sites for hydroxylation is 1. The molecular weight excluding hydrogens is 302 g/mol. The Hall–Kier alpha value is -2.62. The van der Waals surface area contributed by atoms with Crippen molar-refractivity contribution in [1.82, 2.24) is 0 Å². The number of benzene rings is 2. The highest BCUT2D eigenvalue weighted by Crippen LogP contribution is 2.23. The van der Waals surface area contributed by atoms with E-state index in [2.05, 4.69) is 5.32 Å². The molecule has 0 fully saturated rings. The van der Waals surface area contributed by atoms with E-state index in [-0.39, 0.29) is 11.7 Å². The average Bonchev–Trinajstić information content (AvgIpc) is 2.56. The summed E-state index contributed by atoms with van der Waals surface area (Å²) in [6.45, 7) is 7.39. The number of hydrogen-bond donors (Lipinski definition) is 1. The zero-order valence-electron chi connectivity index (χ0n) is 14.6. The summed E-state index contributed by atoms with van der Waals surface area (Å²) in [6.07, 6.45) is -0.0440. The van der Waals surface area contributed by atoms with Crippen LogP contribution in [-0.2, 0) is 4.79 Å². The average molecular weight is 325 g/mol. The van der Waals surface area contributed by atoms with Crippen LogP contribution in [0.3, 0.4) is 0 Å². The molecule has 0 saturated carbocycles. The van der Waals surface area contributed by atoms with Crippen LogP contribution in [0.15, 0.2) is 42.5 Å². The Labute approximate surface area is 142 Å². The Morgan fingerprint density at radius 3 is 2.50 bits per heavy atom. The van der Waals surface area contributed by atoms with Gasteiger partial charge >= 0.3 is 0 Å². The van der Waals surface area contributed by atoms with Gasteiger partial charge in [-0.2, -0.15) is 0 Å². The predicted octanol–water partition coefficient (Wildman–Crippen LogP) is 4.30. The summed E-state index contributed by atoms with van der Waals surface area (Å²) in [5, 5.41) is 2.83. The maximum atomic E-state index is 12.5. The van der Waals surface area contributed by atoms with Gasteiger partial charge in [0.25, 0.3) is 5.91 Å². The predicted molar refractivity (Wildman–Crippen MR) is 95.7 cm³/mol. The van der Waals surface area contributed by atoms with Gasteiger partial charge in [-0.05, 0) is 56.5 Å². The first kappa shape index (κ1) is 17.7. The van der Waals surface area contributed by atoms with E-state index in [9.17, 15) is 9.59 Å². The van der Waals surface area contributed by atoms with Crippen LogP contribution in [0.25, 0.3) is 0 Å². The lowest BCUT2D eigenvalue weighted by molar-refractivity contribution is -0.122. The number of rotatable bonds is 6. The van der Waals surface area contributed by atoms with E-state index in [1.54, 1.807) is 24.3 Å². The Balaban J connectivity index is 2.13. The number of amides is 1. The second-order valence-corrected chi connectivity index (χ2v) is 5.84. The highest BCUT2D eigenvalue weighted by molar-refractivity contribution is 5.98. The van der Waals surface area contributed by atoms with Crippen molar-refractivity contribution in [1.29, 1.82) is 0 Å². The maximum Gasteiger partial charge on any atom is 0.265 e. The van der Waals surface area contributed by atoms with Crippen molar-refractivity contribution in [3.8, 4) is 5.75 Å². The van der Waals surface area contributed by atoms with Crippen molar-refractivity contribution in [2.45, 2.75) is 40.2 Å². The third-order valence-corrected chi connectivity index (χ3v) is 4.02. The van der Waals surface area contributed by atoms with E-state index >= 15 is 0 Å². The van der Waals surface area contributed by atoms with Gasteiger partial charge in [0.2, 0.25) is 0 Å². The van der Waals surface area contributed by atoms with E-state index in [1.165, 1.54) is 6.92 Å². The monoisotopic (exact) mass is 325 g/mol. The molecule has 1 atom stereocenters. The van der Waals surface area contributed by atoms with Crippen LogP contribution in [0.4, 0.5) is 5.69 Å². The molecule has 24 heavy (non-hydrogen) atoms. The smallest absolute Gasteiger partial charge is 0.265 e. The van der Waals surface area contributed by atoms with Crippen molar-refractivity contribution in [2.24, 2.45) is 0 Å². The number of anilines is 1. The fraction of sp³-hybridized carbons (Fsp3) is 0.300. The molecule has 0 spiro atoms. The van der Waals surface area contributed by atoms with Crippen LogP contribution in [0.5, 0.6) is 5.75 Å². The lowest BCUT2D eigenvalue weighted by Crippen LogP contribution is -2.32. The summed E-state index contributed by atoms with van der Waals surface area (Å²) in [7, 11) is 0. The van der Waals surface area contributed by atoms with Crippen LogP contribution in [0.2, 0.25) is 0 Å². The van der Waals surface area contributed by atoms with Gasteiger partial charge in [-0.25, -0.2) is 0 Å². The molecule has 4 nitrogen and oxygen atoms in total. The van der Waals surface area contributed by atoms with Gasteiger partial charge in [0.15, 0.2) is 11.9 Å². The number of ether oxygens (including phenoxy) is 1. The standard InChI is InChI=1S/C20H23NO3/c1-5-18(24-19-11-6-8-13(2)14(19)3)20(23)21-17-10-7-9-16(12-17)15(4)22/h6-12,18H,5H2,1-4H3,(H,21,23)/t18-/m1/s1. The molecule has 2 aromatic rings. The summed E-state index contributed by atoms with van der Waals surface area (Å²) >= 11 is 0. The van der Waals surface area contributed by atoms with Crippen molar-refractivity contribution < 1.29 is 14.3 Å². The number of Topliss-reactive ketones (excluding diaryl/α,β-unsaturated/α-hetero) is 1. The minimum atomic E-state index is -0.591. The number of carbonyl (C=O) groups excluding carboxylic acids is 2. The third-order valence-electron chi connectivity index (χ3n) is 4.02. The molecule has 2 rings (SSSR count). The summed E-state index contributed by atoms with van der Waals surface area (Å²) in [6, 6.07) is 12.7. The molecule has 0 heterocycles. The molecule has 0 bridgehead atoms. The van der Waals surface area contributed by atoms with Crippen molar-refractivity contribution in [3.63, 3.8) is 0 Å². The normalized spacial score (nSPS) is 11.7. The lowest BCUT2D eigenvalue weighted by atomic mass is 10.1. The zero-order chi connectivity index (χ0) is 17.7. The van der Waals surface area contributed by atoms with Gasteiger partial charge in [-0.1, -0.05) is 31.2 Å². The highest BCUT2D eigenvalue weighted by atomic mass is 16.5. The first-order chi connectivity index (χ1) is 11.4. The third kappa shape index (κ3) is 4.22. The Bertz CT molecular complexity index is 752. The summed E-state index contributed by atoms with van der Waals surface area (Å²) in [5.74, 6) is 0.457. The molecule has 0 radical (unpaired) electrons. The van der Waals surface area contributed by atoms with E-state index < -0.39 is 6.10 Å². The molecule has 1 N–H and O–H groups in total. The summed E-state index contributed by atoms with van der Waals surface area (Å²) in [4.78, 5) is 24.0. The molecule has 1 amide bonds. The Kier molecular flexibility index (Phi) is 5.74. The molecule has 0 aliphatic rings. The molecule has 0 unspecified atom stereocenters. The number of ketones is 1. The van der Waals surface area contributed by atoms with Gasteiger partial charge in [0.1, 0.15) is 5.75 Å². The minimum absolute atomic E-state index is 0.0372. The van der Waals surface area contributed by atoms with Crippen molar-refractivity contribution in [3.05, 3.63) is 59.2 Å². The number of nitrogens with one attached hydrogen (secondary N) is 1. The van der Waals surface area contributed by atoms with Gasteiger partial charge in [0, 0.05) is 11.3 Å². The zero-order valence-corrected chi connectivity index (χ0v) is 14.6. The van der Waals surface area contributed by atoms with Crippen molar-refractivity contribution in [2.75, 3.05) is 5.32 Å². The van der Waals surface area contributed by atoms with Crippen LogP contribution in [0.1, 0.15) is 41.8 Å². The molecule has 0 aliphatic heterocycles. The van der Waals surface area contributed by atoms with Crippen molar-refractivity contribution >= 4 is 17.4 Å². The lowest BCUT2D eigenvalue weighted by Gasteiger charge is -2.19. The number of hydrogen-bond acceptors (Lipinski definition) is 3. The van der Waals surface area contributed by atoms with E-state index in [0.29, 0.717) is 17.7 Å². The molecular formula is C20H23NO3. The fourth-order valence-corrected chi connectivity index (χ4v) is 2.37. The van der Waals surface area contributed by atoms with Gasteiger partial charge in [-0.15, -0.1) is 0 Å². The van der Waals surface area contributed by atoms with Gasteiger partial charge in [-0.3, -0.25) is 9.59 Å². The van der Waals surface area contributed by atoms with E-state index in [1.807, 2.05) is 39.0 Å². The summed E-state index contributed by atoms with van der Waals surface area (Å²) < 4.78 is 5.91. The van der Waals surface area contributed by atoms with Crippen LogP contribution >= 0.6 is 0 Å². The second kappa shape index (κ2) is 7.77. The quantitative estimate of drug-likeness (QED) is 0.806. The van der Waals surface area contributed by atoms with E-state index in [4.69, 9.17) is 4.74 Å². The fourth-order valence-electron chi connectivity index (χ4n) is 2.37. The van der Waals surface area contributed by atoms with Crippen LogP contribution < -0.4 is 10.1 Å². The first-order valence-corrected chi connectivity index (χ1v) is 8.07. The minimum Gasteiger partial charge on any atom is -0.480 e. The summed E-state index contributed by atoms with van der Waals surface area (Å²) in [5.41, 5.74) is 3.31. The topological polar surface area (TPSA) is 55.4 Å². The molecule has 2 aromatic carbocycles. The van der Waals surface area contributed by atoms with E-state index in [0.717, 1.165) is 16.9 Å². The Morgan fingerprint density at radius 2 is 1.83 bits per heavy atom. The molecule has 0 aromatic heterocycles.